The number of hydrogen-bond acceptors (Lipinski definition) is 6. The van der Waals surface area contributed by atoms with Crippen LogP contribution in [-0.2, 0) is 9.53 Å². The van der Waals surface area contributed by atoms with Crippen LogP contribution in [0.2, 0.25) is 0 Å². The Labute approximate surface area is 195 Å². The van der Waals surface area contributed by atoms with E-state index in [2.05, 4.69) is 10.1 Å². The van der Waals surface area contributed by atoms with Gasteiger partial charge in [-0.25, -0.2) is 14.5 Å². The fourth-order valence-electron chi connectivity index (χ4n) is 3.79. The maximum Gasteiger partial charge on any atom is 0.338 e. The van der Waals surface area contributed by atoms with E-state index in [1.54, 1.807) is 51.9 Å². The summed E-state index contributed by atoms with van der Waals surface area (Å²) in [5.41, 5.74) is 3.01. The molecule has 0 saturated carbocycles. The lowest BCUT2D eigenvalue weighted by atomic mass is 10.1. The third kappa shape index (κ3) is 4.38. The van der Waals surface area contributed by atoms with Crippen LogP contribution in [0.15, 0.2) is 96.4 Å². The van der Waals surface area contributed by atoms with E-state index in [0.29, 0.717) is 5.56 Å². The monoisotopic (exact) mass is 456 g/mol. The molecule has 4 aromatic rings. The number of esters is 1. The Morgan fingerprint density at radius 3 is 2.48 bits per heavy atom. The zero-order chi connectivity index (χ0) is 22.6. The predicted molar refractivity (Wildman–Crippen MR) is 125 cm³/mol. The number of carbonyl (C=O) groups is 2. The SMILES string of the molecule is O=C(OCC(=O)N1c2ccccc2SCC1c1ccccc1)c1ccc(-n2cncn2)cc1. The molecule has 8 heteroatoms. The Hall–Kier alpha value is -3.91. The van der Waals surface area contributed by atoms with Gasteiger partial charge < -0.3 is 4.74 Å². The van der Waals surface area contributed by atoms with Crippen LogP contribution in [0.3, 0.4) is 0 Å². The summed E-state index contributed by atoms with van der Waals surface area (Å²) in [6.45, 7) is -0.341. The van der Waals surface area contributed by atoms with Gasteiger partial charge in [0.05, 0.1) is 23.0 Å². The number of thioether (sulfide) groups is 1. The summed E-state index contributed by atoms with van der Waals surface area (Å²) in [5.74, 6) is -0.0848. The minimum atomic E-state index is -0.551. The molecule has 5 rings (SSSR count). The van der Waals surface area contributed by atoms with Crippen LogP contribution < -0.4 is 4.90 Å². The molecule has 3 aromatic carbocycles. The van der Waals surface area contributed by atoms with E-state index in [9.17, 15) is 9.59 Å². The normalized spacial score (nSPS) is 15.0. The molecule has 1 aliphatic heterocycles. The molecule has 164 valence electrons. The molecule has 0 radical (unpaired) electrons. The van der Waals surface area contributed by atoms with Crippen molar-refractivity contribution in [3.05, 3.63) is 103 Å². The second-order valence-electron chi connectivity index (χ2n) is 7.43. The van der Waals surface area contributed by atoms with Gasteiger partial charge in [-0.05, 0) is 42.0 Å². The van der Waals surface area contributed by atoms with E-state index < -0.39 is 5.97 Å². The Morgan fingerprint density at radius 1 is 0.970 bits per heavy atom. The number of para-hydroxylation sites is 1. The minimum absolute atomic E-state index is 0.140. The highest BCUT2D eigenvalue weighted by molar-refractivity contribution is 7.99. The second-order valence-corrected chi connectivity index (χ2v) is 8.49. The van der Waals surface area contributed by atoms with E-state index in [0.717, 1.165) is 27.6 Å². The summed E-state index contributed by atoms with van der Waals surface area (Å²) in [5, 5.41) is 4.06. The van der Waals surface area contributed by atoms with Gasteiger partial charge in [-0.3, -0.25) is 9.69 Å². The molecule has 1 amide bonds. The van der Waals surface area contributed by atoms with Crippen molar-refractivity contribution in [2.45, 2.75) is 10.9 Å². The van der Waals surface area contributed by atoms with E-state index in [1.165, 1.54) is 6.33 Å². The van der Waals surface area contributed by atoms with Gasteiger partial charge >= 0.3 is 5.97 Å². The zero-order valence-corrected chi connectivity index (χ0v) is 18.4. The molecule has 0 aliphatic carbocycles. The predicted octanol–water partition coefficient (Wildman–Crippen LogP) is 4.30. The van der Waals surface area contributed by atoms with Crippen LogP contribution in [0.5, 0.6) is 0 Å². The van der Waals surface area contributed by atoms with Crippen molar-refractivity contribution in [1.82, 2.24) is 14.8 Å². The molecule has 0 fully saturated rings. The number of aromatic nitrogens is 3. The lowest BCUT2D eigenvalue weighted by Crippen LogP contribution is -2.41. The quantitative estimate of drug-likeness (QED) is 0.417. The van der Waals surface area contributed by atoms with Gasteiger partial charge in [0.1, 0.15) is 12.7 Å². The number of nitrogens with zero attached hydrogens (tertiary/aromatic N) is 4. The molecule has 0 N–H and O–H groups in total. The van der Waals surface area contributed by atoms with Crippen LogP contribution in [0, 0.1) is 0 Å². The smallest absolute Gasteiger partial charge is 0.338 e. The van der Waals surface area contributed by atoms with Crippen LogP contribution in [0.25, 0.3) is 5.69 Å². The molecule has 0 bridgehead atoms. The first-order chi connectivity index (χ1) is 16.2. The second kappa shape index (κ2) is 9.30. The maximum absolute atomic E-state index is 13.3. The first-order valence-corrected chi connectivity index (χ1v) is 11.4. The summed E-state index contributed by atoms with van der Waals surface area (Å²) in [6.07, 6.45) is 3.01. The van der Waals surface area contributed by atoms with Gasteiger partial charge in [0.15, 0.2) is 6.61 Å². The van der Waals surface area contributed by atoms with E-state index in [-0.39, 0.29) is 18.6 Å². The highest BCUT2D eigenvalue weighted by Gasteiger charge is 2.33. The Morgan fingerprint density at radius 2 is 1.73 bits per heavy atom. The highest BCUT2D eigenvalue weighted by atomic mass is 32.2. The lowest BCUT2D eigenvalue weighted by Gasteiger charge is -2.37. The van der Waals surface area contributed by atoms with Crippen LogP contribution >= 0.6 is 11.8 Å². The third-order valence-electron chi connectivity index (χ3n) is 5.40. The van der Waals surface area contributed by atoms with Crippen molar-refractivity contribution in [3.63, 3.8) is 0 Å². The standard InChI is InChI=1S/C25H20N4O3S/c30-24(14-32-25(31)19-10-12-20(13-11-19)28-17-26-16-27-28)29-21-8-4-5-9-23(21)33-15-22(29)18-6-2-1-3-7-18/h1-13,16-17,22H,14-15H2. The Balaban J connectivity index is 1.32. The van der Waals surface area contributed by atoms with Crippen molar-refractivity contribution in [2.24, 2.45) is 0 Å². The van der Waals surface area contributed by atoms with Crippen LogP contribution in [-0.4, -0.2) is 39.0 Å². The van der Waals surface area contributed by atoms with Gasteiger partial charge in [0.25, 0.3) is 5.91 Å². The average Bonchev–Trinajstić information content (AvgIpc) is 3.42. The van der Waals surface area contributed by atoms with Gasteiger partial charge in [0, 0.05) is 10.6 Å². The molecular formula is C25H20N4O3S. The summed E-state index contributed by atoms with van der Waals surface area (Å²) in [6, 6.07) is 24.4. The van der Waals surface area contributed by atoms with Gasteiger partial charge in [-0.15, -0.1) is 11.8 Å². The number of amides is 1. The van der Waals surface area contributed by atoms with Crippen molar-refractivity contribution < 1.29 is 14.3 Å². The van der Waals surface area contributed by atoms with E-state index in [4.69, 9.17) is 4.74 Å². The Kier molecular flexibility index (Phi) is 5.91. The number of fused-ring (bicyclic) bond motifs is 1. The molecule has 1 aliphatic rings. The lowest BCUT2D eigenvalue weighted by molar-refractivity contribution is -0.122. The molecule has 0 spiro atoms. The number of benzene rings is 3. The molecule has 2 heterocycles. The van der Waals surface area contributed by atoms with Crippen molar-refractivity contribution >= 4 is 29.3 Å². The topological polar surface area (TPSA) is 77.3 Å². The first-order valence-electron chi connectivity index (χ1n) is 10.4. The summed E-state index contributed by atoms with van der Waals surface area (Å²) < 4.78 is 6.99. The number of carbonyl (C=O) groups excluding carboxylic acids is 2. The number of ether oxygens (including phenoxy) is 1. The average molecular weight is 457 g/mol. The fourth-order valence-corrected chi connectivity index (χ4v) is 4.96. The van der Waals surface area contributed by atoms with Crippen LogP contribution in [0.4, 0.5) is 5.69 Å². The number of rotatable bonds is 5. The largest absolute Gasteiger partial charge is 0.452 e. The number of anilines is 1. The molecular weight excluding hydrogens is 436 g/mol. The molecule has 7 nitrogen and oxygen atoms in total. The summed E-state index contributed by atoms with van der Waals surface area (Å²) in [4.78, 5) is 32.6. The Bertz CT molecular complexity index is 1260. The fraction of sp³-hybridized carbons (Fsp3) is 0.120. The molecule has 1 atom stereocenters. The van der Waals surface area contributed by atoms with E-state index >= 15 is 0 Å². The van der Waals surface area contributed by atoms with Gasteiger partial charge in [-0.2, -0.15) is 5.10 Å². The van der Waals surface area contributed by atoms with Crippen molar-refractivity contribution in [2.75, 3.05) is 17.3 Å². The van der Waals surface area contributed by atoms with Crippen LogP contribution in [0.1, 0.15) is 22.0 Å². The van der Waals surface area contributed by atoms with Crippen molar-refractivity contribution in [1.29, 1.82) is 0 Å². The summed E-state index contributed by atoms with van der Waals surface area (Å²) >= 11 is 1.72. The molecule has 1 aromatic heterocycles. The number of hydrogen-bond donors (Lipinski definition) is 0. The summed E-state index contributed by atoms with van der Waals surface area (Å²) in [7, 11) is 0. The van der Waals surface area contributed by atoms with Gasteiger partial charge in [0.2, 0.25) is 0 Å². The maximum atomic E-state index is 13.3. The van der Waals surface area contributed by atoms with Gasteiger partial charge in [-0.1, -0.05) is 42.5 Å². The molecule has 0 saturated heterocycles. The third-order valence-corrected chi connectivity index (χ3v) is 6.54. The molecule has 1 unspecified atom stereocenters. The highest BCUT2D eigenvalue weighted by Crippen LogP contribution is 2.43. The zero-order valence-electron chi connectivity index (χ0n) is 17.6. The minimum Gasteiger partial charge on any atom is -0.452 e. The molecule has 33 heavy (non-hydrogen) atoms. The van der Waals surface area contributed by atoms with E-state index in [1.807, 2.05) is 54.6 Å². The first kappa shape index (κ1) is 21.0. The van der Waals surface area contributed by atoms with Crippen molar-refractivity contribution in [3.8, 4) is 5.69 Å².